The summed E-state index contributed by atoms with van der Waals surface area (Å²) in [6, 6.07) is -0.177. The van der Waals surface area contributed by atoms with Crippen LogP contribution < -0.4 is 5.32 Å². The fourth-order valence-corrected chi connectivity index (χ4v) is 2.44. The quantitative estimate of drug-likeness (QED) is 0.786. The van der Waals surface area contributed by atoms with Gasteiger partial charge in [0.05, 0.1) is 24.4 Å². The highest BCUT2D eigenvalue weighted by atomic mass is 35.5. The maximum absolute atomic E-state index is 12.1. The predicted molar refractivity (Wildman–Crippen MR) is 85.3 cm³/mol. The summed E-state index contributed by atoms with van der Waals surface area (Å²) < 4.78 is 7.16. The lowest BCUT2D eigenvalue weighted by Crippen LogP contribution is -2.53. The molecule has 0 aromatic carbocycles. The van der Waals surface area contributed by atoms with Crippen molar-refractivity contribution in [1.29, 1.82) is 0 Å². The van der Waals surface area contributed by atoms with Crippen molar-refractivity contribution in [2.75, 3.05) is 40.3 Å². The summed E-state index contributed by atoms with van der Waals surface area (Å²) in [7, 11) is 3.35. The Kier molecular flexibility index (Phi) is 6.23. The van der Waals surface area contributed by atoms with Crippen LogP contribution >= 0.6 is 11.6 Å². The number of likely N-dealkylation sites (N-methyl/N-ethyl adjacent to an activating group) is 1. The number of hydrogen-bond acceptors (Lipinski definition) is 4. The lowest BCUT2D eigenvalue weighted by molar-refractivity contribution is -0.145. The molecule has 23 heavy (non-hydrogen) atoms. The molecule has 2 rings (SSSR count). The molecule has 2 heterocycles. The van der Waals surface area contributed by atoms with E-state index < -0.39 is 6.10 Å². The fourth-order valence-electron chi connectivity index (χ4n) is 2.28. The number of amides is 3. The van der Waals surface area contributed by atoms with E-state index in [-0.39, 0.29) is 18.5 Å². The molecule has 0 unspecified atom stereocenters. The van der Waals surface area contributed by atoms with E-state index in [1.54, 1.807) is 36.1 Å². The lowest BCUT2D eigenvalue weighted by atomic mass is 10.2. The molecule has 1 aliphatic heterocycles. The van der Waals surface area contributed by atoms with Gasteiger partial charge in [0.2, 0.25) is 0 Å². The molecule has 1 fully saturated rings. The third kappa shape index (κ3) is 5.11. The van der Waals surface area contributed by atoms with Crippen molar-refractivity contribution in [1.82, 2.24) is 24.9 Å². The van der Waals surface area contributed by atoms with Crippen molar-refractivity contribution >= 4 is 23.5 Å². The van der Waals surface area contributed by atoms with Crippen LogP contribution in [0.2, 0.25) is 5.02 Å². The van der Waals surface area contributed by atoms with E-state index in [2.05, 4.69) is 10.4 Å². The Bertz CT molecular complexity index is 548. The number of nitrogens with one attached hydrogen (secondary N) is 1. The van der Waals surface area contributed by atoms with Crippen molar-refractivity contribution in [3.05, 3.63) is 17.4 Å². The van der Waals surface area contributed by atoms with Crippen LogP contribution in [-0.2, 0) is 16.1 Å². The summed E-state index contributed by atoms with van der Waals surface area (Å²) >= 11 is 5.78. The second-order valence-electron chi connectivity index (χ2n) is 5.55. The normalized spacial score (nSPS) is 17.9. The van der Waals surface area contributed by atoms with Crippen LogP contribution in [0, 0.1) is 0 Å². The molecule has 1 atom stereocenters. The number of nitrogens with zero attached hydrogens (tertiary/aromatic N) is 4. The van der Waals surface area contributed by atoms with Gasteiger partial charge in [-0.25, -0.2) is 4.79 Å². The molecule has 1 N–H and O–H groups in total. The van der Waals surface area contributed by atoms with Gasteiger partial charge in [0.1, 0.15) is 0 Å². The van der Waals surface area contributed by atoms with Crippen molar-refractivity contribution in [2.45, 2.75) is 19.1 Å². The van der Waals surface area contributed by atoms with E-state index in [0.29, 0.717) is 31.3 Å². The van der Waals surface area contributed by atoms with Crippen molar-refractivity contribution in [3.8, 4) is 0 Å². The Morgan fingerprint density at radius 3 is 2.96 bits per heavy atom. The molecule has 0 saturated carbocycles. The van der Waals surface area contributed by atoms with Crippen LogP contribution in [-0.4, -0.2) is 78.0 Å². The van der Waals surface area contributed by atoms with Crippen LogP contribution in [0.15, 0.2) is 12.4 Å². The maximum Gasteiger partial charge on any atom is 0.317 e. The van der Waals surface area contributed by atoms with Gasteiger partial charge in [-0.05, 0) is 6.42 Å². The minimum absolute atomic E-state index is 0.127. The fraction of sp³-hybridized carbons (Fsp3) is 0.643. The summed E-state index contributed by atoms with van der Waals surface area (Å²) in [5.74, 6) is -0.127. The zero-order valence-corrected chi connectivity index (χ0v) is 14.1. The molecule has 1 saturated heterocycles. The first kappa shape index (κ1) is 17.6. The minimum atomic E-state index is -0.587. The van der Waals surface area contributed by atoms with Crippen LogP contribution in [0.1, 0.15) is 6.42 Å². The van der Waals surface area contributed by atoms with Gasteiger partial charge in [0.25, 0.3) is 5.91 Å². The van der Waals surface area contributed by atoms with Crippen molar-refractivity contribution in [3.63, 3.8) is 0 Å². The zero-order valence-electron chi connectivity index (χ0n) is 13.4. The van der Waals surface area contributed by atoms with Gasteiger partial charge in [-0.3, -0.25) is 9.48 Å². The highest BCUT2D eigenvalue weighted by Crippen LogP contribution is 2.08. The first-order valence-electron chi connectivity index (χ1n) is 7.51. The molecule has 1 aromatic heterocycles. The summed E-state index contributed by atoms with van der Waals surface area (Å²) in [4.78, 5) is 27.1. The molecule has 128 valence electrons. The number of rotatable bonds is 5. The summed E-state index contributed by atoms with van der Waals surface area (Å²) in [5, 5.41) is 7.52. The van der Waals surface area contributed by atoms with Crippen LogP contribution in [0.3, 0.4) is 0 Å². The van der Waals surface area contributed by atoms with Gasteiger partial charge in [-0.2, -0.15) is 5.10 Å². The number of aromatic nitrogens is 2. The Balaban J connectivity index is 1.71. The maximum atomic E-state index is 12.1. The number of hydrogen-bond donors (Lipinski definition) is 1. The molecule has 3 amide bonds. The molecule has 0 spiro atoms. The monoisotopic (exact) mass is 343 g/mol. The number of ether oxygens (including phenoxy) is 1. The van der Waals surface area contributed by atoms with Crippen LogP contribution in [0.25, 0.3) is 0 Å². The third-order valence-electron chi connectivity index (χ3n) is 3.51. The average Bonchev–Trinajstić information content (AvgIpc) is 2.96. The van der Waals surface area contributed by atoms with Gasteiger partial charge in [0, 0.05) is 39.9 Å². The molecule has 9 heteroatoms. The molecule has 1 aromatic rings. The smallest absolute Gasteiger partial charge is 0.317 e. The minimum Gasteiger partial charge on any atom is -0.365 e. The van der Waals surface area contributed by atoms with E-state index in [1.165, 1.54) is 4.90 Å². The number of carbonyl (C=O) groups excluding carboxylic acids is 2. The molecule has 0 radical (unpaired) electrons. The van der Waals surface area contributed by atoms with Gasteiger partial charge < -0.3 is 19.9 Å². The number of aryl methyl sites for hydroxylation is 1. The highest BCUT2D eigenvalue weighted by Gasteiger charge is 2.29. The second-order valence-corrected chi connectivity index (χ2v) is 5.98. The standard InChI is InChI=1S/C14H22ClN5O3/c1-18(2)13(21)12-10-19(6-7-23-12)14(22)16-4-3-5-20-9-11(15)8-17-20/h8-9,12H,3-7,10H2,1-2H3,(H,16,22)/t12-/m0/s1. The van der Waals surface area contributed by atoms with Crippen LogP contribution in [0.5, 0.6) is 0 Å². The van der Waals surface area contributed by atoms with Gasteiger partial charge in [0.15, 0.2) is 6.10 Å². The van der Waals surface area contributed by atoms with Crippen LogP contribution in [0.4, 0.5) is 4.79 Å². The molecule has 8 nitrogen and oxygen atoms in total. The Morgan fingerprint density at radius 2 is 2.30 bits per heavy atom. The molecule has 0 bridgehead atoms. The largest absolute Gasteiger partial charge is 0.365 e. The van der Waals surface area contributed by atoms with Gasteiger partial charge in [-0.15, -0.1) is 0 Å². The third-order valence-corrected chi connectivity index (χ3v) is 3.71. The van der Waals surface area contributed by atoms with Crippen molar-refractivity contribution < 1.29 is 14.3 Å². The summed E-state index contributed by atoms with van der Waals surface area (Å²) in [5.41, 5.74) is 0. The Labute approximate surface area is 140 Å². The number of halogens is 1. The number of urea groups is 1. The average molecular weight is 344 g/mol. The van der Waals surface area contributed by atoms with E-state index in [9.17, 15) is 9.59 Å². The zero-order chi connectivity index (χ0) is 16.8. The summed E-state index contributed by atoms with van der Waals surface area (Å²) in [6.07, 6.45) is 3.47. The first-order chi connectivity index (χ1) is 11.0. The van der Waals surface area contributed by atoms with Gasteiger partial charge >= 0.3 is 6.03 Å². The topological polar surface area (TPSA) is 79.7 Å². The second kappa shape index (κ2) is 8.16. The van der Waals surface area contributed by atoms with E-state index >= 15 is 0 Å². The SMILES string of the molecule is CN(C)C(=O)[C@@H]1CN(C(=O)NCCCn2cc(Cl)cn2)CCO1. The van der Waals surface area contributed by atoms with Crippen molar-refractivity contribution in [2.24, 2.45) is 0 Å². The number of morpholine rings is 1. The Hall–Kier alpha value is -1.80. The Morgan fingerprint density at radius 1 is 1.52 bits per heavy atom. The number of carbonyl (C=O) groups is 2. The molecular weight excluding hydrogens is 322 g/mol. The van der Waals surface area contributed by atoms with E-state index in [0.717, 1.165) is 6.42 Å². The molecular formula is C14H22ClN5O3. The summed E-state index contributed by atoms with van der Waals surface area (Å²) in [6.45, 7) is 2.33. The predicted octanol–water partition coefficient (Wildman–Crippen LogP) is 0.425. The molecule has 1 aliphatic rings. The lowest BCUT2D eigenvalue weighted by Gasteiger charge is -2.33. The van der Waals surface area contributed by atoms with Gasteiger partial charge in [-0.1, -0.05) is 11.6 Å². The highest BCUT2D eigenvalue weighted by molar-refractivity contribution is 6.30. The first-order valence-corrected chi connectivity index (χ1v) is 7.88. The molecule has 0 aliphatic carbocycles. The van der Waals surface area contributed by atoms with E-state index in [1.807, 2.05) is 0 Å². The van der Waals surface area contributed by atoms with E-state index in [4.69, 9.17) is 16.3 Å².